The minimum Gasteiger partial charge on any atom is -0.466 e. The fourth-order valence-electron chi connectivity index (χ4n) is 6.63. The van der Waals surface area contributed by atoms with E-state index in [1.807, 2.05) is 35.3 Å². The molecule has 0 aromatic rings. The molecule has 0 unspecified atom stereocenters. The molecule has 0 saturated carbocycles. The minimum absolute atomic E-state index is 0.0153. The van der Waals surface area contributed by atoms with Crippen molar-refractivity contribution in [3.05, 3.63) is 0 Å². The Labute approximate surface area is 408 Å². The van der Waals surface area contributed by atoms with Gasteiger partial charge in [0.15, 0.2) is 0 Å². The molecule has 0 aromatic heterocycles. The molecule has 0 radical (unpaired) electrons. The van der Waals surface area contributed by atoms with Crippen LogP contribution in [0.15, 0.2) is 0 Å². The molecule has 2 amide bonds. The third kappa shape index (κ3) is 67.9. The summed E-state index contributed by atoms with van der Waals surface area (Å²) in [6.07, 6.45) is 38.3. The number of thioether (sulfide) groups is 3. The molecule has 0 aliphatic rings. The van der Waals surface area contributed by atoms with Gasteiger partial charge in [-0.3, -0.25) is 14.4 Å². The summed E-state index contributed by atoms with van der Waals surface area (Å²) >= 11 is 5.66. The van der Waals surface area contributed by atoms with Gasteiger partial charge >= 0.3 is 5.97 Å². The maximum Gasteiger partial charge on any atom is 0.305 e. The highest BCUT2D eigenvalue weighted by molar-refractivity contribution is 7.99. The first-order chi connectivity index (χ1) is 31.4. The predicted octanol–water partition coefficient (Wildman–Crippen LogP) is 11.7. The van der Waals surface area contributed by atoms with Gasteiger partial charge in [0.05, 0.1) is 19.8 Å². The number of esters is 1. The molecule has 0 aliphatic heterocycles. The van der Waals surface area contributed by atoms with E-state index in [4.69, 9.17) is 26.4 Å². The van der Waals surface area contributed by atoms with Crippen molar-refractivity contribution in [3.8, 4) is 0 Å². The van der Waals surface area contributed by atoms with E-state index in [9.17, 15) is 14.4 Å². The fourth-order valence-corrected chi connectivity index (χ4v) is 8.90. The number of aliphatic hydroxyl groups excluding tert-OH is 2. The van der Waals surface area contributed by atoms with Crippen LogP contribution >= 0.6 is 35.3 Å². The van der Waals surface area contributed by atoms with Crippen LogP contribution in [0.4, 0.5) is 0 Å². The second-order valence-electron chi connectivity index (χ2n) is 16.9. The summed E-state index contributed by atoms with van der Waals surface area (Å²) in [5.74, 6) is 6.89. The summed E-state index contributed by atoms with van der Waals surface area (Å²) in [5, 5.41) is 23.2. The molecule has 13 heteroatoms. The van der Waals surface area contributed by atoms with Crippen molar-refractivity contribution in [2.24, 2.45) is 11.5 Å². The average Bonchev–Trinajstić information content (AvgIpc) is 3.29. The lowest BCUT2D eigenvalue weighted by atomic mass is 10.1. The van der Waals surface area contributed by atoms with Crippen LogP contribution < -0.4 is 22.1 Å². The van der Waals surface area contributed by atoms with Gasteiger partial charge in [0, 0.05) is 56.2 Å². The maximum atomic E-state index is 11.5. The molecule has 0 fully saturated rings. The van der Waals surface area contributed by atoms with Crippen LogP contribution in [0.2, 0.25) is 0 Å². The van der Waals surface area contributed by atoms with Gasteiger partial charge in [0.2, 0.25) is 11.8 Å². The molecule has 0 saturated heterocycles. The number of nitrogens with one attached hydrogen (secondary N) is 2. The SMILES string of the molecule is CCCCNC(=O)CCCCCCCCCCSCCO.CCCCOC(=O)CCCCCCCCCCSCCN.NCCCCNC(=O)CCCCCCCCCCSCCO. The second-order valence-corrected chi connectivity index (χ2v) is 20.6. The molecule has 0 spiro atoms. The van der Waals surface area contributed by atoms with E-state index in [0.29, 0.717) is 45.6 Å². The number of nitrogens with two attached hydrogens (primary N) is 2. The maximum absolute atomic E-state index is 11.5. The zero-order chi connectivity index (χ0) is 47.5. The molecule has 0 bridgehead atoms. The number of amides is 2. The summed E-state index contributed by atoms with van der Waals surface area (Å²) in [7, 11) is 0. The second kappa shape index (κ2) is 64.4. The molecule has 0 heterocycles. The Morgan fingerprint density at radius 1 is 0.406 bits per heavy atom. The van der Waals surface area contributed by atoms with Gasteiger partial charge in [-0.15, -0.1) is 0 Å². The summed E-state index contributed by atoms with van der Waals surface area (Å²) in [6.45, 7) is 8.57. The Morgan fingerprint density at radius 2 is 0.766 bits per heavy atom. The standard InChI is InChI=1S/C17H36N2O2S.2C17H35NO2S/c18-12-8-9-13-19-17(21)11-7-5-3-1-2-4-6-10-15-22-16-14-20;1-2-3-14-20-17(19)12-10-8-6-4-5-7-9-11-15-21-16-13-18;1-2-3-13-18-17(20)12-10-8-6-4-5-7-9-11-15-21-16-14-19/h20H,1-16,18H2,(H,19,21);2-16,18H2,1H3;19H,2-16H2,1H3,(H,18,20). The molecule has 384 valence electrons. The fraction of sp³-hybridized carbons (Fsp3) is 0.941. The van der Waals surface area contributed by atoms with Crippen LogP contribution in [0.1, 0.15) is 226 Å². The van der Waals surface area contributed by atoms with Crippen molar-refractivity contribution >= 4 is 53.1 Å². The Balaban J connectivity index is -0.000000872. The van der Waals surface area contributed by atoms with Gasteiger partial charge in [-0.05, 0) is 88.0 Å². The van der Waals surface area contributed by atoms with Gasteiger partial charge in [-0.2, -0.15) is 35.3 Å². The summed E-state index contributed by atoms with van der Waals surface area (Å²) in [4.78, 5) is 34.4. The highest BCUT2D eigenvalue weighted by Gasteiger charge is 2.03. The number of carbonyl (C=O) groups excluding carboxylic acids is 3. The number of aliphatic hydroxyl groups is 2. The number of carbonyl (C=O) groups is 3. The molecule has 8 N–H and O–H groups in total. The Hall–Kier alpha value is -0.700. The number of hydrogen-bond acceptors (Lipinski definition) is 11. The molecule has 64 heavy (non-hydrogen) atoms. The van der Waals surface area contributed by atoms with Crippen molar-refractivity contribution in [1.82, 2.24) is 10.6 Å². The first-order valence-corrected chi connectivity index (χ1v) is 29.9. The van der Waals surface area contributed by atoms with Crippen molar-refractivity contribution in [1.29, 1.82) is 0 Å². The number of ether oxygens (including phenoxy) is 1. The van der Waals surface area contributed by atoms with Crippen LogP contribution in [0.3, 0.4) is 0 Å². The van der Waals surface area contributed by atoms with Gasteiger partial charge in [0.1, 0.15) is 0 Å². The van der Waals surface area contributed by atoms with Crippen LogP contribution in [0.25, 0.3) is 0 Å². The van der Waals surface area contributed by atoms with Crippen molar-refractivity contribution in [3.63, 3.8) is 0 Å². The van der Waals surface area contributed by atoms with Gasteiger partial charge < -0.3 is 37.1 Å². The predicted molar refractivity (Wildman–Crippen MR) is 285 cm³/mol. The molecular weight excluding hydrogens is 861 g/mol. The quantitative estimate of drug-likeness (QED) is 0.0253. The van der Waals surface area contributed by atoms with Gasteiger partial charge in [0.25, 0.3) is 0 Å². The van der Waals surface area contributed by atoms with E-state index >= 15 is 0 Å². The van der Waals surface area contributed by atoms with Crippen molar-refractivity contribution in [2.75, 3.05) is 80.5 Å². The van der Waals surface area contributed by atoms with Crippen molar-refractivity contribution in [2.45, 2.75) is 226 Å². The van der Waals surface area contributed by atoms with E-state index in [0.717, 1.165) is 101 Å². The smallest absolute Gasteiger partial charge is 0.305 e. The zero-order valence-electron chi connectivity index (χ0n) is 41.9. The van der Waals surface area contributed by atoms with E-state index in [2.05, 4.69) is 24.5 Å². The molecule has 0 aromatic carbocycles. The first-order valence-electron chi connectivity index (χ1n) is 26.5. The highest BCUT2D eigenvalue weighted by Crippen LogP contribution is 2.14. The van der Waals surface area contributed by atoms with E-state index < -0.39 is 0 Å². The molecule has 0 rings (SSSR count). The largest absolute Gasteiger partial charge is 0.466 e. The van der Waals surface area contributed by atoms with Crippen LogP contribution in [-0.2, 0) is 19.1 Å². The summed E-state index contributed by atoms with van der Waals surface area (Å²) in [6, 6.07) is 0. The highest BCUT2D eigenvalue weighted by atomic mass is 32.2. The van der Waals surface area contributed by atoms with Gasteiger partial charge in [-0.1, -0.05) is 142 Å². The number of unbranched alkanes of at least 4 members (excludes halogenated alkanes) is 24. The third-order valence-electron chi connectivity index (χ3n) is 10.6. The molecular formula is C51H106N4O6S3. The monoisotopic (exact) mass is 967 g/mol. The lowest BCUT2D eigenvalue weighted by Crippen LogP contribution is -2.24. The molecule has 0 aliphatic carbocycles. The van der Waals surface area contributed by atoms with E-state index in [1.54, 1.807) is 0 Å². The summed E-state index contributed by atoms with van der Waals surface area (Å²) in [5.41, 5.74) is 10.9. The van der Waals surface area contributed by atoms with Crippen molar-refractivity contribution < 1.29 is 29.3 Å². The first kappa shape index (κ1) is 67.6. The minimum atomic E-state index is -0.0153. The third-order valence-corrected chi connectivity index (χ3v) is 13.8. The van der Waals surface area contributed by atoms with Crippen LogP contribution in [0.5, 0.6) is 0 Å². The molecule has 0 atom stereocenters. The topological polar surface area (TPSA) is 177 Å². The van der Waals surface area contributed by atoms with E-state index in [-0.39, 0.29) is 17.8 Å². The van der Waals surface area contributed by atoms with E-state index in [1.165, 1.54) is 146 Å². The lowest BCUT2D eigenvalue weighted by Gasteiger charge is -2.05. The zero-order valence-corrected chi connectivity index (χ0v) is 44.4. The van der Waals surface area contributed by atoms with Crippen LogP contribution in [0, 0.1) is 0 Å². The van der Waals surface area contributed by atoms with Gasteiger partial charge in [-0.25, -0.2) is 0 Å². The number of rotatable bonds is 49. The normalized spacial score (nSPS) is 10.8. The number of hydrogen-bond donors (Lipinski definition) is 6. The Morgan fingerprint density at radius 3 is 1.14 bits per heavy atom. The lowest BCUT2D eigenvalue weighted by molar-refractivity contribution is -0.143. The molecule has 10 nitrogen and oxygen atoms in total. The Kier molecular flexibility index (Phi) is 68.0. The Bertz CT molecular complexity index is 867. The summed E-state index contributed by atoms with van der Waals surface area (Å²) < 4.78 is 5.13. The van der Waals surface area contributed by atoms with Crippen LogP contribution in [-0.4, -0.2) is 109 Å². The average molecular weight is 968 g/mol.